The number of amides is 1. The minimum absolute atomic E-state index is 0.260. The van der Waals surface area contributed by atoms with E-state index < -0.39 is 6.09 Å². The summed E-state index contributed by atoms with van der Waals surface area (Å²) in [4.78, 5) is 15.6. The molecule has 1 heterocycles. The summed E-state index contributed by atoms with van der Waals surface area (Å²) in [5.74, 6) is 1.10. The van der Waals surface area contributed by atoms with E-state index in [4.69, 9.17) is 38.4 Å². The highest BCUT2D eigenvalue weighted by Crippen LogP contribution is 2.37. The maximum atomic E-state index is 10.9. The number of carbonyl (C=O) groups excluding carboxylic acids is 1. The number of primary amides is 1. The smallest absolute Gasteiger partial charge is 0.409 e. The van der Waals surface area contributed by atoms with Gasteiger partial charge in [-0.15, -0.1) is 11.3 Å². The average Bonchev–Trinajstić information content (AvgIpc) is 3.16. The fourth-order valence-electron chi connectivity index (χ4n) is 3.21. The van der Waals surface area contributed by atoms with Gasteiger partial charge in [-0.05, 0) is 61.0 Å². The van der Waals surface area contributed by atoms with E-state index in [1.165, 1.54) is 0 Å². The molecule has 3 aromatic carbocycles. The largest absolute Gasteiger partial charge is 0.486 e. The van der Waals surface area contributed by atoms with Crippen molar-refractivity contribution in [2.45, 2.75) is 19.4 Å². The summed E-state index contributed by atoms with van der Waals surface area (Å²) in [5, 5.41) is 2.02. The SMILES string of the molecule is CCC(Oc1ccc2nc(-c3ccc(OC(N)=O)cc3)sc2c1)c1c(Cl)cccc1Cl. The molecule has 0 saturated carbocycles. The van der Waals surface area contributed by atoms with Crippen LogP contribution in [0.3, 0.4) is 0 Å². The molecule has 0 bridgehead atoms. The summed E-state index contributed by atoms with van der Waals surface area (Å²) in [7, 11) is 0. The van der Waals surface area contributed by atoms with E-state index in [0.29, 0.717) is 15.8 Å². The van der Waals surface area contributed by atoms with Crippen LogP contribution in [0.1, 0.15) is 25.0 Å². The Bertz CT molecular complexity index is 1220. The van der Waals surface area contributed by atoms with E-state index in [1.807, 2.05) is 55.5 Å². The minimum Gasteiger partial charge on any atom is -0.486 e. The Labute approximate surface area is 193 Å². The van der Waals surface area contributed by atoms with Crippen LogP contribution in [0.2, 0.25) is 10.0 Å². The number of fused-ring (bicyclic) bond motifs is 1. The molecule has 31 heavy (non-hydrogen) atoms. The van der Waals surface area contributed by atoms with Gasteiger partial charge in [-0.25, -0.2) is 9.78 Å². The van der Waals surface area contributed by atoms with Gasteiger partial charge in [-0.2, -0.15) is 0 Å². The number of aromatic nitrogens is 1. The lowest BCUT2D eigenvalue weighted by Gasteiger charge is -2.20. The van der Waals surface area contributed by atoms with Crippen molar-refractivity contribution in [3.63, 3.8) is 0 Å². The molecule has 1 aromatic heterocycles. The molecule has 0 fully saturated rings. The lowest BCUT2D eigenvalue weighted by molar-refractivity contribution is 0.202. The van der Waals surface area contributed by atoms with Crippen molar-refractivity contribution in [3.8, 4) is 22.1 Å². The van der Waals surface area contributed by atoms with Gasteiger partial charge in [-0.1, -0.05) is 36.2 Å². The number of hydrogen-bond donors (Lipinski definition) is 1. The van der Waals surface area contributed by atoms with Crippen molar-refractivity contribution < 1.29 is 14.3 Å². The molecule has 2 N–H and O–H groups in total. The quantitative estimate of drug-likeness (QED) is 0.320. The highest BCUT2D eigenvalue weighted by Gasteiger charge is 2.19. The molecule has 5 nitrogen and oxygen atoms in total. The molecular weight excluding hydrogens is 455 g/mol. The summed E-state index contributed by atoms with van der Waals surface area (Å²) < 4.78 is 12.1. The van der Waals surface area contributed by atoms with E-state index in [0.717, 1.165) is 38.5 Å². The van der Waals surface area contributed by atoms with Crippen LogP contribution in [0.25, 0.3) is 20.8 Å². The zero-order valence-corrected chi connectivity index (χ0v) is 18.8. The number of nitrogens with two attached hydrogens (primary N) is 1. The van der Waals surface area contributed by atoms with Crippen LogP contribution in [0, 0.1) is 0 Å². The van der Waals surface area contributed by atoms with Gasteiger partial charge < -0.3 is 15.2 Å². The summed E-state index contributed by atoms with van der Waals surface area (Å²) in [5.41, 5.74) is 7.61. The molecule has 0 aliphatic rings. The number of benzene rings is 3. The molecule has 1 atom stereocenters. The average molecular weight is 473 g/mol. The van der Waals surface area contributed by atoms with Gasteiger partial charge in [0.2, 0.25) is 0 Å². The standard InChI is InChI=1S/C23H18Cl2N2O3S/c1-2-19(21-16(24)4-3-5-17(21)25)29-15-10-11-18-20(12-15)31-22(27-18)13-6-8-14(9-7-13)30-23(26)28/h3-12,19H,2H2,1H3,(H2,26,28). The van der Waals surface area contributed by atoms with Crippen LogP contribution in [-0.4, -0.2) is 11.1 Å². The third-order valence-electron chi connectivity index (χ3n) is 4.65. The molecule has 0 saturated heterocycles. The van der Waals surface area contributed by atoms with Crippen LogP contribution in [0.5, 0.6) is 11.5 Å². The number of nitrogens with zero attached hydrogens (tertiary/aromatic N) is 1. The number of rotatable bonds is 6. The lowest BCUT2D eigenvalue weighted by Crippen LogP contribution is -2.16. The number of carbonyl (C=O) groups is 1. The van der Waals surface area contributed by atoms with Crippen LogP contribution < -0.4 is 15.2 Å². The second-order valence-corrected chi connectivity index (χ2v) is 8.59. The zero-order valence-electron chi connectivity index (χ0n) is 16.5. The third-order valence-corrected chi connectivity index (χ3v) is 6.38. The monoisotopic (exact) mass is 472 g/mol. The van der Waals surface area contributed by atoms with E-state index in [-0.39, 0.29) is 6.10 Å². The third kappa shape index (κ3) is 4.77. The first-order valence-electron chi connectivity index (χ1n) is 9.53. The molecule has 0 radical (unpaired) electrons. The zero-order chi connectivity index (χ0) is 22.0. The maximum absolute atomic E-state index is 10.9. The fraction of sp³-hybridized carbons (Fsp3) is 0.130. The Kier molecular flexibility index (Phi) is 6.32. The van der Waals surface area contributed by atoms with Gasteiger partial charge in [-0.3, -0.25) is 0 Å². The first kappa shape index (κ1) is 21.4. The Morgan fingerprint density at radius 2 is 1.74 bits per heavy atom. The van der Waals surface area contributed by atoms with Gasteiger partial charge in [0.15, 0.2) is 0 Å². The van der Waals surface area contributed by atoms with E-state index in [1.54, 1.807) is 23.5 Å². The first-order chi connectivity index (χ1) is 14.9. The second-order valence-electron chi connectivity index (χ2n) is 6.74. The maximum Gasteiger partial charge on any atom is 0.409 e. The van der Waals surface area contributed by atoms with Crippen LogP contribution in [-0.2, 0) is 0 Å². The van der Waals surface area contributed by atoms with Crippen molar-refractivity contribution in [2.75, 3.05) is 0 Å². The normalized spacial score (nSPS) is 12.0. The van der Waals surface area contributed by atoms with Crippen molar-refractivity contribution in [3.05, 3.63) is 76.3 Å². The summed E-state index contributed by atoms with van der Waals surface area (Å²) in [6.07, 6.45) is -0.387. The van der Waals surface area contributed by atoms with Gasteiger partial charge >= 0.3 is 6.09 Å². The highest BCUT2D eigenvalue weighted by atomic mass is 35.5. The molecule has 1 amide bonds. The Hall–Kier alpha value is -2.80. The molecule has 8 heteroatoms. The number of thiazole rings is 1. The van der Waals surface area contributed by atoms with Crippen LogP contribution in [0.15, 0.2) is 60.7 Å². The Morgan fingerprint density at radius 1 is 1.06 bits per heavy atom. The van der Waals surface area contributed by atoms with E-state index >= 15 is 0 Å². The van der Waals surface area contributed by atoms with E-state index in [2.05, 4.69) is 4.98 Å². The van der Waals surface area contributed by atoms with E-state index in [9.17, 15) is 4.79 Å². The van der Waals surface area contributed by atoms with Gasteiger partial charge in [0.05, 0.1) is 10.2 Å². The molecule has 1 unspecified atom stereocenters. The predicted molar refractivity (Wildman–Crippen MR) is 125 cm³/mol. The van der Waals surface area contributed by atoms with Crippen molar-refractivity contribution >= 4 is 50.8 Å². The Balaban J connectivity index is 1.59. The number of hydrogen-bond acceptors (Lipinski definition) is 5. The van der Waals surface area contributed by atoms with Crippen LogP contribution in [0.4, 0.5) is 4.79 Å². The predicted octanol–water partition coefficient (Wildman–Crippen LogP) is 7.26. The number of ether oxygens (including phenoxy) is 2. The fourth-order valence-corrected chi connectivity index (χ4v) is 4.85. The Morgan fingerprint density at radius 3 is 2.39 bits per heavy atom. The molecule has 158 valence electrons. The van der Waals surface area contributed by atoms with Crippen molar-refractivity contribution in [2.24, 2.45) is 5.73 Å². The molecule has 0 spiro atoms. The van der Waals surface area contributed by atoms with Gasteiger partial charge in [0.1, 0.15) is 22.6 Å². The summed E-state index contributed by atoms with van der Waals surface area (Å²) >= 11 is 14.3. The minimum atomic E-state index is -0.844. The van der Waals surface area contributed by atoms with Crippen LogP contribution >= 0.6 is 34.5 Å². The summed E-state index contributed by atoms with van der Waals surface area (Å²) in [6, 6.07) is 18.3. The molecule has 0 aliphatic carbocycles. The summed E-state index contributed by atoms with van der Waals surface area (Å²) in [6.45, 7) is 2.03. The second kappa shape index (κ2) is 9.14. The molecule has 4 aromatic rings. The number of halogens is 2. The highest BCUT2D eigenvalue weighted by molar-refractivity contribution is 7.21. The van der Waals surface area contributed by atoms with Gasteiger partial charge in [0, 0.05) is 21.2 Å². The van der Waals surface area contributed by atoms with Crippen molar-refractivity contribution in [1.82, 2.24) is 4.98 Å². The van der Waals surface area contributed by atoms with Crippen molar-refractivity contribution in [1.29, 1.82) is 0 Å². The molecular formula is C23H18Cl2N2O3S. The first-order valence-corrected chi connectivity index (χ1v) is 11.1. The molecule has 4 rings (SSSR count). The van der Waals surface area contributed by atoms with Gasteiger partial charge in [0.25, 0.3) is 0 Å². The topological polar surface area (TPSA) is 74.4 Å². The lowest BCUT2D eigenvalue weighted by atomic mass is 10.1. The molecule has 0 aliphatic heterocycles.